The summed E-state index contributed by atoms with van der Waals surface area (Å²) in [5, 5.41) is 18.8. The molecular weight excluding hydrogens is 328 g/mol. The van der Waals surface area contributed by atoms with Gasteiger partial charge >= 0.3 is 5.97 Å². The van der Waals surface area contributed by atoms with E-state index in [1.807, 2.05) is 0 Å². The molecule has 122 valence electrons. The van der Waals surface area contributed by atoms with Crippen LogP contribution >= 0.6 is 12.4 Å². The summed E-state index contributed by atoms with van der Waals surface area (Å²) in [6.45, 7) is -0.142. The molecule has 0 saturated heterocycles. The molecule has 0 unspecified atom stereocenters. The lowest BCUT2D eigenvalue weighted by Gasteiger charge is -2.06. The summed E-state index contributed by atoms with van der Waals surface area (Å²) in [6, 6.07) is 10.7. The number of para-hydroxylation sites is 1. The van der Waals surface area contributed by atoms with Crippen molar-refractivity contribution in [1.29, 1.82) is 0 Å². The van der Waals surface area contributed by atoms with Crippen molar-refractivity contribution >= 4 is 18.4 Å². The summed E-state index contributed by atoms with van der Waals surface area (Å²) in [5.74, 6) is -0.904. The van der Waals surface area contributed by atoms with E-state index in [4.69, 9.17) is 4.74 Å². The monoisotopic (exact) mass is 340 g/mol. The highest BCUT2D eigenvalue weighted by atomic mass is 35.5. The zero-order valence-electron chi connectivity index (χ0n) is 11.7. The Kier molecular flexibility index (Phi) is 6.75. The van der Waals surface area contributed by atoms with Crippen LogP contribution in [-0.4, -0.2) is 27.8 Å². The molecule has 0 spiro atoms. The summed E-state index contributed by atoms with van der Waals surface area (Å²) in [7, 11) is 0. The average Bonchev–Trinajstić information content (AvgIpc) is 2.47. The zero-order valence-corrected chi connectivity index (χ0v) is 12.6. The molecule has 1 heterocycles. The number of carbonyl (C=O) groups is 1. The van der Waals surface area contributed by atoms with E-state index in [0.29, 0.717) is 5.69 Å². The molecule has 0 fully saturated rings. The number of aromatic hydroxyl groups is 1. The molecule has 0 aliphatic carbocycles. The van der Waals surface area contributed by atoms with Gasteiger partial charge in [-0.1, -0.05) is 18.2 Å². The van der Waals surface area contributed by atoms with Gasteiger partial charge < -0.3 is 14.7 Å². The van der Waals surface area contributed by atoms with Gasteiger partial charge in [0.05, 0.1) is 0 Å². The molecule has 0 radical (unpaired) electrons. The van der Waals surface area contributed by atoms with E-state index >= 15 is 0 Å². The van der Waals surface area contributed by atoms with Crippen molar-refractivity contribution in [3.63, 3.8) is 0 Å². The van der Waals surface area contributed by atoms with E-state index in [0.717, 1.165) is 0 Å². The number of nitrogens with zero attached hydrogens (tertiary/aromatic N) is 2. The van der Waals surface area contributed by atoms with Crippen molar-refractivity contribution in [2.24, 2.45) is 0 Å². The van der Waals surface area contributed by atoms with Gasteiger partial charge in [-0.15, -0.1) is 22.5 Å². The van der Waals surface area contributed by atoms with Crippen LogP contribution < -0.4 is 4.74 Å². The third-order valence-corrected chi connectivity index (χ3v) is 2.66. The van der Waals surface area contributed by atoms with E-state index in [1.165, 1.54) is 18.2 Å². The minimum Gasteiger partial charge on any atom is -0.507 e. The molecule has 8 nitrogen and oxygen atoms in total. The van der Waals surface area contributed by atoms with E-state index in [-0.39, 0.29) is 42.6 Å². The molecule has 0 aliphatic heterocycles. The second-order valence-corrected chi connectivity index (χ2v) is 4.18. The maximum Gasteiger partial charge on any atom is 0.348 e. The van der Waals surface area contributed by atoms with Crippen LogP contribution in [-0.2, 0) is 11.3 Å². The fourth-order valence-corrected chi connectivity index (χ4v) is 1.67. The number of aromatic nitrogens is 1. The van der Waals surface area contributed by atoms with Crippen LogP contribution in [0.2, 0.25) is 0 Å². The number of halogens is 1. The number of benzene rings is 1. The number of rotatable bonds is 6. The van der Waals surface area contributed by atoms with E-state index in [2.05, 4.69) is 9.82 Å². The Labute approximate surface area is 137 Å². The average molecular weight is 341 g/mol. The highest BCUT2D eigenvalue weighted by molar-refractivity contribution is 5.93. The lowest BCUT2D eigenvalue weighted by atomic mass is 10.2. The number of hydrogen-bond donors (Lipinski definition) is 1. The van der Waals surface area contributed by atoms with Crippen LogP contribution in [0.1, 0.15) is 16.1 Å². The van der Waals surface area contributed by atoms with Crippen molar-refractivity contribution in [2.75, 3.05) is 6.61 Å². The first kappa shape index (κ1) is 18.2. The quantitative estimate of drug-likeness (QED) is 0.487. The van der Waals surface area contributed by atoms with Gasteiger partial charge in [0.25, 0.3) is 5.09 Å². The summed E-state index contributed by atoms with van der Waals surface area (Å²) in [5.41, 5.74) is 0.496. The lowest BCUT2D eigenvalue weighted by molar-refractivity contribution is -0.757. The van der Waals surface area contributed by atoms with Gasteiger partial charge in [0.2, 0.25) is 5.88 Å². The zero-order chi connectivity index (χ0) is 15.9. The molecule has 23 heavy (non-hydrogen) atoms. The number of carbonyl (C=O) groups excluding carboxylic acids is 1. The van der Waals surface area contributed by atoms with E-state index in [1.54, 1.807) is 24.3 Å². The van der Waals surface area contributed by atoms with Crippen molar-refractivity contribution in [3.8, 4) is 11.6 Å². The highest BCUT2D eigenvalue weighted by Gasteiger charge is 2.13. The molecule has 0 aliphatic rings. The summed E-state index contributed by atoms with van der Waals surface area (Å²) < 4.78 is 5.06. The number of esters is 1. The first-order valence-corrected chi connectivity index (χ1v) is 6.29. The van der Waals surface area contributed by atoms with Crippen LogP contribution in [0.5, 0.6) is 11.6 Å². The normalized spacial score (nSPS) is 9.57. The molecule has 1 N–H and O–H groups in total. The smallest absolute Gasteiger partial charge is 0.348 e. The number of phenolic OH excluding ortho intramolecular Hbond substituents is 1. The Morgan fingerprint density at radius 3 is 2.65 bits per heavy atom. The van der Waals surface area contributed by atoms with Gasteiger partial charge in [-0.25, -0.2) is 9.78 Å². The van der Waals surface area contributed by atoms with Crippen molar-refractivity contribution in [1.82, 2.24) is 4.98 Å². The molecule has 0 amide bonds. The van der Waals surface area contributed by atoms with Gasteiger partial charge in [-0.2, -0.15) is 0 Å². The molecule has 1 aromatic carbocycles. The van der Waals surface area contributed by atoms with Crippen molar-refractivity contribution < 1.29 is 24.6 Å². The predicted octanol–water partition coefficient (Wildman–Crippen LogP) is 2.18. The Morgan fingerprint density at radius 2 is 1.96 bits per heavy atom. The topological polar surface area (TPSA) is 112 Å². The summed E-state index contributed by atoms with van der Waals surface area (Å²) in [4.78, 5) is 30.2. The fraction of sp³-hybridized carbons (Fsp3) is 0.143. The third-order valence-electron chi connectivity index (χ3n) is 2.66. The number of hydrogen-bond acceptors (Lipinski definition) is 7. The SMILES string of the molecule is Cl.O=C(Oc1cccc(CCO[N+](=O)[O-])n1)c1ccccc1O. The minimum absolute atomic E-state index is 0. The summed E-state index contributed by atoms with van der Waals surface area (Å²) >= 11 is 0. The number of phenols is 1. The van der Waals surface area contributed by atoms with Crippen LogP contribution in [0.3, 0.4) is 0 Å². The van der Waals surface area contributed by atoms with Gasteiger partial charge in [0.1, 0.15) is 17.9 Å². The first-order chi connectivity index (χ1) is 10.6. The largest absolute Gasteiger partial charge is 0.507 e. The molecule has 0 saturated carbocycles. The van der Waals surface area contributed by atoms with Crippen LogP contribution in [0, 0.1) is 10.1 Å². The number of ether oxygens (including phenoxy) is 1. The predicted molar refractivity (Wildman–Crippen MR) is 81.2 cm³/mol. The van der Waals surface area contributed by atoms with Gasteiger partial charge in [0, 0.05) is 18.2 Å². The second-order valence-electron chi connectivity index (χ2n) is 4.18. The van der Waals surface area contributed by atoms with Crippen LogP contribution in [0.15, 0.2) is 42.5 Å². The fourth-order valence-electron chi connectivity index (χ4n) is 1.67. The van der Waals surface area contributed by atoms with Gasteiger partial charge in [-0.3, -0.25) is 0 Å². The maximum absolute atomic E-state index is 11.9. The molecule has 2 aromatic rings. The minimum atomic E-state index is -0.887. The van der Waals surface area contributed by atoms with E-state index in [9.17, 15) is 20.0 Å². The van der Waals surface area contributed by atoms with Gasteiger partial charge in [-0.05, 0) is 18.2 Å². The maximum atomic E-state index is 11.9. The Hall–Kier alpha value is -2.87. The van der Waals surface area contributed by atoms with Crippen LogP contribution in [0.25, 0.3) is 0 Å². The molecule has 9 heteroatoms. The third kappa shape index (κ3) is 5.44. The molecule has 2 rings (SSSR count). The number of pyridine rings is 1. The van der Waals surface area contributed by atoms with Crippen molar-refractivity contribution in [3.05, 3.63) is 63.8 Å². The molecule has 0 bridgehead atoms. The molecule has 0 atom stereocenters. The Morgan fingerprint density at radius 1 is 1.22 bits per heavy atom. The second kappa shape index (κ2) is 8.54. The van der Waals surface area contributed by atoms with E-state index < -0.39 is 11.1 Å². The van der Waals surface area contributed by atoms with Gasteiger partial charge in [0.15, 0.2) is 0 Å². The standard InChI is InChI=1S/C14H12N2O6.ClH/c17-12-6-2-1-5-11(12)14(18)22-13-7-3-4-10(15-13)8-9-21-16(19)20;/h1-7,17H,8-9H2;1H. The molecular formula is C14H13ClN2O6. The highest BCUT2D eigenvalue weighted by Crippen LogP contribution is 2.18. The van der Waals surface area contributed by atoms with Crippen molar-refractivity contribution in [2.45, 2.75) is 6.42 Å². The Bertz CT molecular complexity index is 694. The van der Waals surface area contributed by atoms with Crippen LogP contribution in [0.4, 0.5) is 0 Å². The Balaban J connectivity index is 0.00000264. The first-order valence-electron chi connectivity index (χ1n) is 6.29. The summed E-state index contributed by atoms with van der Waals surface area (Å²) in [6.07, 6.45) is 0.197. The lowest BCUT2D eigenvalue weighted by Crippen LogP contribution is -2.11. The molecule has 1 aromatic heterocycles.